The van der Waals surface area contributed by atoms with Crippen molar-refractivity contribution in [3.63, 3.8) is 0 Å². The summed E-state index contributed by atoms with van der Waals surface area (Å²) < 4.78 is 0. The standard InChI is InChI=1S/C48H32N4/c1-4-19-34(20-5-1)51(35-21-6-2-7-22-35)43-31-32-44(52(36-23-8-3-9-24-36)42-30-16-18-33-17-10-11-25-37(33)42)48-47(43)49-45-40-28-14-12-26-38(40)39-27-13-15-29-41(39)46(45)50-48/h1-32H. The zero-order valence-electron chi connectivity index (χ0n) is 28.3. The minimum Gasteiger partial charge on any atom is -0.308 e. The van der Waals surface area contributed by atoms with Crippen LogP contribution in [0.1, 0.15) is 0 Å². The maximum atomic E-state index is 5.71. The van der Waals surface area contributed by atoms with E-state index in [9.17, 15) is 0 Å². The zero-order valence-corrected chi connectivity index (χ0v) is 28.3. The van der Waals surface area contributed by atoms with E-state index in [2.05, 4.69) is 204 Å². The van der Waals surface area contributed by atoms with Crippen LogP contribution in [0.15, 0.2) is 194 Å². The Labute approximate surface area is 301 Å². The van der Waals surface area contributed by atoms with Crippen LogP contribution in [0.2, 0.25) is 0 Å². The number of rotatable bonds is 6. The SMILES string of the molecule is c1ccc(N(c2ccccc2)c2ccc(N(c3ccccc3)c3cccc4ccccc34)c3nc4c5ccccc5c5ccccc5c4nc23)cc1. The highest BCUT2D eigenvalue weighted by molar-refractivity contribution is 6.24. The van der Waals surface area contributed by atoms with Gasteiger partial charge in [0.1, 0.15) is 11.0 Å². The molecule has 0 spiro atoms. The van der Waals surface area contributed by atoms with Crippen molar-refractivity contribution in [1.82, 2.24) is 9.97 Å². The average Bonchev–Trinajstić information content (AvgIpc) is 3.22. The molecule has 0 amide bonds. The number of para-hydroxylation sites is 3. The summed E-state index contributed by atoms with van der Waals surface area (Å²) in [6.45, 7) is 0. The second-order valence-electron chi connectivity index (χ2n) is 13.0. The Kier molecular flexibility index (Phi) is 7.10. The first-order valence-electron chi connectivity index (χ1n) is 17.6. The lowest BCUT2D eigenvalue weighted by molar-refractivity contribution is 1.26. The molecule has 0 aliphatic heterocycles. The Bertz CT molecular complexity index is 2860. The topological polar surface area (TPSA) is 32.3 Å². The number of hydrogen-bond acceptors (Lipinski definition) is 4. The smallest absolute Gasteiger partial charge is 0.116 e. The molecule has 10 aromatic rings. The molecule has 52 heavy (non-hydrogen) atoms. The summed E-state index contributed by atoms with van der Waals surface area (Å²) in [5.41, 5.74) is 9.52. The molecular weight excluding hydrogens is 633 g/mol. The Balaban J connectivity index is 1.38. The molecule has 0 N–H and O–H groups in total. The zero-order chi connectivity index (χ0) is 34.4. The van der Waals surface area contributed by atoms with Gasteiger partial charge in [-0.2, -0.15) is 0 Å². The van der Waals surface area contributed by atoms with E-state index in [0.29, 0.717) is 0 Å². The molecule has 1 aromatic heterocycles. The molecule has 0 aliphatic carbocycles. The molecule has 4 nitrogen and oxygen atoms in total. The number of fused-ring (bicyclic) bond motifs is 8. The Morgan fingerprint density at radius 1 is 0.250 bits per heavy atom. The Morgan fingerprint density at radius 2 is 0.635 bits per heavy atom. The Hall–Kier alpha value is -7.04. The largest absolute Gasteiger partial charge is 0.308 e. The predicted octanol–water partition coefficient (Wildman–Crippen LogP) is 13.2. The van der Waals surface area contributed by atoms with Gasteiger partial charge in [0, 0.05) is 33.2 Å². The lowest BCUT2D eigenvalue weighted by atomic mass is 9.99. The normalized spacial score (nSPS) is 11.5. The fourth-order valence-corrected chi connectivity index (χ4v) is 7.66. The molecule has 1 heterocycles. The highest BCUT2D eigenvalue weighted by atomic mass is 15.2. The van der Waals surface area contributed by atoms with Crippen molar-refractivity contribution in [3.8, 4) is 0 Å². The van der Waals surface area contributed by atoms with Crippen LogP contribution >= 0.6 is 0 Å². The van der Waals surface area contributed by atoms with Crippen molar-refractivity contribution < 1.29 is 0 Å². The number of anilines is 6. The van der Waals surface area contributed by atoms with E-state index in [1.807, 2.05) is 0 Å². The summed E-state index contributed by atoms with van der Waals surface area (Å²) >= 11 is 0. The lowest BCUT2D eigenvalue weighted by Gasteiger charge is -2.30. The van der Waals surface area contributed by atoms with Gasteiger partial charge in [-0.1, -0.05) is 140 Å². The first-order valence-corrected chi connectivity index (χ1v) is 17.6. The number of hydrogen-bond donors (Lipinski definition) is 0. The van der Waals surface area contributed by atoms with E-state index >= 15 is 0 Å². The quantitative estimate of drug-likeness (QED) is 0.131. The molecule has 0 aliphatic rings. The maximum Gasteiger partial charge on any atom is 0.116 e. The molecule has 0 bridgehead atoms. The molecule has 0 saturated heterocycles. The van der Waals surface area contributed by atoms with Crippen molar-refractivity contribution in [2.75, 3.05) is 9.80 Å². The molecule has 9 aromatic carbocycles. The fraction of sp³-hybridized carbons (Fsp3) is 0. The number of nitrogens with zero attached hydrogens (tertiary/aromatic N) is 4. The first-order chi connectivity index (χ1) is 25.8. The van der Waals surface area contributed by atoms with Gasteiger partial charge in [0.15, 0.2) is 0 Å². The number of aromatic nitrogens is 2. The van der Waals surface area contributed by atoms with Gasteiger partial charge in [-0.15, -0.1) is 0 Å². The minimum absolute atomic E-state index is 0.819. The van der Waals surface area contributed by atoms with Crippen LogP contribution in [-0.2, 0) is 0 Å². The minimum atomic E-state index is 0.819. The molecule has 4 heteroatoms. The second kappa shape index (κ2) is 12.4. The molecule has 0 saturated carbocycles. The third-order valence-electron chi connectivity index (χ3n) is 9.97. The highest BCUT2D eigenvalue weighted by Crippen LogP contribution is 2.46. The van der Waals surface area contributed by atoms with Crippen molar-refractivity contribution in [3.05, 3.63) is 194 Å². The fourth-order valence-electron chi connectivity index (χ4n) is 7.66. The van der Waals surface area contributed by atoms with E-state index < -0.39 is 0 Å². The molecule has 0 unspecified atom stereocenters. The van der Waals surface area contributed by atoms with Gasteiger partial charge in [-0.25, -0.2) is 9.97 Å². The van der Waals surface area contributed by atoms with Crippen LogP contribution in [0.5, 0.6) is 0 Å². The maximum absolute atomic E-state index is 5.71. The van der Waals surface area contributed by atoms with Gasteiger partial charge in [-0.3, -0.25) is 0 Å². The molecule has 244 valence electrons. The van der Waals surface area contributed by atoms with Crippen LogP contribution in [0.4, 0.5) is 34.1 Å². The third-order valence-corrected chi connectivity index (χ3v) is 9.97. The number of benzene rings is 9. The van der Waals surface area contributed by atoms with Crippen LogP contribution in [0.25, 0.3) is 54.4 Å². The van der Waals surface area contributed by atoms with E-state index in [0.717, 1.165) is 72.3 Å². The summed E-state index contributed by atoms with van der Waals surface area (Å²) in [5.74, 6) is 0. The highest BCUT2D eigenvalue weighted by Gasteiger charge is 2.25. The molecule has 0 radical (unpaired) electrons. The molecule has 10 rings (SSSR count). The lowest BCUT2D eigenvalue weighted by Crippen LogP contribution is -2.14. The van der Waals surface area contributed by atoms with Gasteiger partial charge < -0.3 is 9.80 Å². The summed E-state index contributed by atoms with van der Waals surface area (Å²) in [7, 11) is 0. The van der Waals surface area contributed by atoms with E-state index in [4.69, 9.17) is 9.97 Å². The van der Waals surface area contributed by atoms with Crippen molar-refractivity contribution in [2.24, 2.45) is 0 Å². The van der Waals surface area contributed by atoms with Crippen molar-refractivity contribution in [2.45, 2.75) is 0 Å². The monoisotopic (exact) mass is 664 g/mol. The summed E-state index contributed by atoms with van der Waals surface area (Å²) in [5, 5.41) is 6.84. The molecule has 0 fully saturated rings. The molecular formula is C48H32N4. The van der Waals surface area contributed by atoms with Crippen molar-refractivity contribution >= 4 is 88.5 Å². The second-order valence-corrected chi connectivity index (χ2v) is 13.0. The van der Waals surface area contributed by atoms with Gasteiger partial charge in [0.05, 0.1) is 28.1 Å². The van der Waals surface area contributed by atoms with Crippen LogP contribution in [0, 0.1) is 0 Å². The summed E-state index contributed by atoms with van der Waals surface area (Å²) in [6.07, 6.45) is 0. The van der Waals surface area contributed by atoms with Crippen molar-refractivity contribution in [1.29, 1.82) is 0 Å². The predicted molar refractivity (Wildman–Crippen MR) is 219 cm³/mol. The first kappa shape index (κ1) is 29.8. The van der Waals surface area contributed by atoms with E-state index in [1.165, 1.54) is 16.2 Å². The third kappa shape index (κ3) is 4.84. The average molecular weight is 665 g/mol. The summed E-state index contributed by atoms with van der Waals surface area (Å²) in [6, 6.07) is 68.3. The van der Waals surface area contributed by atoms with Crippen LogP contribution in [-0.4, -0.2) is 9.97 Å². The van der Waals surface area contributed by atoms with Crippen LogP contribution < -0.4 is 9.80 Å². The van der Waals surface area contributed by atoms with E-state index in [1.54, 1.807) is 0 Å². The van der Waals surface area contributed by atoms with Gasteiger partial charge in [0.25, 0.3) is 0 Å². The Morgan fingerprint density at radius 3 is 1.15 bits per heavy atom. The van der Waals surface area contributed by atoms with Gasteiger partial charge in [0.2, 0.25) is 0 Å². The van der Waals surface area contributed by atoms with Crippen LogP contribution in [0.3, 0.4) is 0 Å². The summed E-state index contributed by atoms with van der Waals surface area (Å²) in [4.78, 5) is 16.0. The molecule has 0 atom stereocenters. The van der Waals surface area contributed by atoms with Gasteiger partial charge in [-0.05, 0) is 70.8 Å². The van der Waals surface area contributed by atoms with E-state index in [-0.39, 0.29) is 0 Å². The van der Waals surface area contributed by atoms with Gasteiger partial charge >= 0.3 is 0 Å².